The third-order valence-electron chi connectivity index (χ3n) is 5.05. The summed E-state index contributed by atoms with van der Waals surface area (Å²) in [7, 11) is -1.98. The molecule has 3 atom stereocenters. The molecule has 22 heavy (non-hydrogen) atoms. The highest BCUT2D eigenvalue weighted by Crippen LogP contribution is 2.44. The molecule has 0 aromatic carbocycles. The van der Waals surface area contributed by atoms with E-state index in [1.54, 1.807) is 18.0 Å². The number of aliphatic hydroxyl groups excluding tert-OH is 1. The molecule has 7 nitrogen and oxygen atoms in total. The van der Waals surface area contributed by atoms with Gasteiger partial charge in [0.2, 0.25) is 10.0 Å². The summed E-state index contributed by atoms with van der Waals surface area (Å²) >= 11 is 0. The molecule has 1 aliphatic heterocycles. The molecule has 124 valence electrons. The summed E-state index contributed by atoms with van der Waals surface area (Å²) in [4.78, 5) is 0.210. The molecule has 0 bridgehead atoms. The van der Waals surface area contributed by atoms with Crippen molar-refractivity contribution in [2.24, 2.45) is 0 Å². The monoisotopic (exact) mass is 329 g/mol. The van der Waals surface area contributed by atoms with E-state index < -0.39 is 21.7 Å². The van der Waals surface area contributed by atoms with Crippen LogP contribution in [0.5, 0.6) is 0 Å². The zero-order valence-electron chi connectivity index (χ0n) is 13.0. The highest BCUT2D eigenvalue weighted by Gasteiger charge is 2.54. The van der Waals surface area contributed by atoms with Gasteiger partial charge >= 0.3 is 0 Å². The minimum atomic E-state index is -3.61. The number of fused-ring (bicyclic) bond motifs is 1. The molecule has 1 N–H and O–H groups in total. The van der Waals surface area contributed by atoms with Crippen LogP contribution >= 0.6 is 0 Å². The van der Waals surface area contributed by atoms with Gasteiger partial charge in [0.25, 0.3) is 0 Å². The van der Waals surface area contributed by atoms with Crippen molar-refractivity contribution in [2.45, 2.75) is 61.8 Å². The van der Waals surface area contributed by atoms with Crippen molar-refractivity contribution < 1.29 is 18.3 Å². The van der Waals surface area contributed by atoms with Crippen molar-refractivity contribution in [2.75, 3.05) is 13.7 Å². The SMILES string of the molecule is CCn1cc(S(=O)(=O)N2CC[C@]3(OC)CC[C@@H](O)C[C@H]23)cn1. The van der Waals surface area contributed by atoms with Gasteiger partial charge in [-0.3, -0.25) is 4.68 Å². The van der Waals surface area contributed by atoms with Crippen LogP contribution in [0.25, 0.3) is 0 Å². The minimum Gasteiger partial charge on any atom is -0.393 e. The van der Waals surface area contributed by atoms with E-state index in [1.165, 1.54) is 10.5 Å². The van der Waals surface area contributed by atoms with Crippen molar-refractivity contribution in [3.8, 4) is 0 Å². The van der Waals surface area contributed by atoms with Crippen molar-refractivity contribution in [3.05, 3.63) is 12.4 Å². The molecule has 1 saturated heterocycles. The molecule has 1 aromatic heterocycles. The van der Waals surface area contributed by atoms with Crippen LogP contribution in [0.15, 0.2) is 17.3 Å². The van der Waals surface area contributed by atoms with Crippen LogP contribution in [0.3, 0.4) is 0 Å². The number of aliphatic hydroxyl groups is 1. The summed E-state index contributed by atoms with van der Waals surface area (Å²) in [5.74, 6) is 0. The first-order chi connectivity index (χ1) is 10.4. The topological polar surface area (TPSA) is 84.7 Å². The van der Waals surface area contributed by atoms with Gasteiger partial charge in [0.1, 0.15) is 4.90 Å². The molecule has 0 unspecified atom stereocenters. The van der Waals surface area contributed by atoms with E-state index in [2.05, 4.69) is 5.10 Å². The molecule has 1 aliphatic carbocycles. The molecule has 1 aromatic rings. The van der Waals surface area contributed by atoms with Gasteiger partial charge in [-0.15, -0.1) is 0 Å². The van der Waals surface area contributed by atoms with Gasteiger partial charge < -0.3 is 9.84 Å². The number of aryl methyl sites for hydroxylation is 1. The molecule has 1 saturated carbocycles. The number of nitrogens with zero attached hydrogens (tertiary/aromatic N) is 3. The standard InChI is InChI=1S/C14H23N3O4S/c1-3-16-10-12(9-15-16)22(19,20)17-7-6-14(21-2)5-4-11(18)8-13(14)17/h9-11,13,18H,3-8H2,1-2H3/t11-,13+,14-/m1/s1. The third-order valence-corrected chi connectivity index (χ3v) is 6.91. The lowest BCUT2D eigenvalue weighted by molar-refractivity contribution is -0.0775. The van der Waals surface area contributed by atoms with E-state index in [0.717, 1.165) is 0 Å². The first-order valence-corrected chi connectivity index (χ1v) is 9.14. The number of hydrogen-bond acceptors (Lipinski definition) is 5. The Morgan fingerprint density at radius 1 is 1.50 bits per heavy atom. The molecular weight excluding hydrogens is 306 g/mol. The zero-order chi connectivity index (χ0) is 16.0. The van der Waals surface area contributed by atoms with Crippen LogP contribution in [0.2, 0.25) is 0 Å². The van der Waals surface area contributed by atoms with Crippen LogP contribution in [0.4, 0.5) is 0 Å². The predicted molar refractivity (Wildman–Crippen MR) is 79.8 cm³/mol. The zero-order valence-corrected chi connectivity index (χ0v) is 13.8. The first kappa shape index (κ1) is 15.9. The fraction of sp³-hybridized carbons (Fsp3) is 0.786. The Morgan fingerprint density at radius 3 is 2.91 bits per heavy atom. The van der Waals surface area contributed by atoms with Gasteiger partial charge in [-0.2, -0.15) is 9.40 Å². The molecule has 2 aliphatic rings. The smallest absolute Gasteiger partial charge is 0.246 e. The van der Waals surface area contributed by atoms with Crippen LogP contribution in [0, 0.1) is 0 Å². The number of hydrogen-bond donors (Lipinski definition) is 1. The van der Waals surface area contributed by atoms with Crippen LogP contribution in [-0.4, -0.2) is 59.0 Å². The normalized spacial score (nSPS) is 33.0. The van der Waals surface area contributed by atoms with E-state index in [0.29, 0.717) is 38.8 Å². The summed E-state index contributed by atoms with van der Waals surface area (Å²) in [6, 6.07) is -0.309. The van der Waals surface area contributed by atoms with Gasteiger partial charge in [0.15, 0.2) is 0 Å². The van der Waals surface area contributed by atoms with Crippen LogP contribution in [0.1, 0.15) is 32.6 Å². The van der Waals surface area contributed by atoms with Crippen molar-refractivity contribution in [3.63, 3.8) is 0 Å². The first-order valence-electron chi connectivity index (χ1n) is 7.70. The largest absolute Gasteiger partial charge is 0.393 e. The third kappa shape index (κ3) is 2.38. The average molecular weight is 329 g/mol. The van der Waals surface area contributed by atoms with Gasteiger partial charge in [0.05, 0.1) is 23.9 Å². The van der Waals surface area contributed by atoms with Gasteiger partial charge in [-0.25, -0.2) is 8.42 Å². The van der Waals surface area contributed by atoms with Crippen LogP contribution < -0.4 is 0 Å². The Bertz CT molecular complexity index is 644. The van der Waals surface area contributed by atoms with E-state index >= 15 is 0 Å². The van der Waals surface area contributed by atoms with E-state index in [9.17, 15) is 13.5 Å². The lowest BCUT2D eigenvalue weighted by Gasteiger charge is -2.41. The Labute approximate surface area is 130 Å². The maximum atomic E-state index is 12.9. The second-order valence-electron chi connectivity index (χ2n) is 6.11. The van der Waals surface area contributed by atoms with E-state index in [1.807, 2.05) is 6.92 Å². The van der Waals surface area contributed by atoms with Gasteiger partial charge in [0, 0.05) is 26.4 Å². The Kier molecular flexibility index (Phi) is 4.05. The molecule has 0 amide bonds. The fourth-order valence-corrected chi connectivity index (χ4v) is 5.36. The predicted octanol–water partition coefficient (Wildman–Crippen LogP) is 0.596. The number of rotatable bonds is 4. The molecule has 2 heterocycles. The maximum absolute atomic E-state index is 12.9. The molecule has 3 rings (SSSR count). The quantitative estimate of drug-likeness (QED) is 0.874. The second-order valence-corrected chi connectivity index (χ2v) is 8.00. The molecule has 0 spiro atoms. The van der Waals surface area contributed by atoms with Gasteiger partial charge in [-0.1, -0.05) is 0 Å². The highest BCUT2D eigenvalue weighted by molar-refractivity contribution is 7.89. The van der Waals surface area contributed by atoms with Gasteiger partial charge in [-0.05, 0) is 32.6 Å². The number of aromatic nitrogens is 2. The summed E-state index contributed by atoms with van der Waals surface area (Å²) < 4.78 is 34.6. The second kappa shape index (κ2) is 5.59. The molecule has 8 heteroatoms. The molecular formula is C14H23N3O4S. The minimum absolute atomic E-state index is 0.210. The Morgan fingerprint density at radius 2 is 2.27 bits per heavy atom. The number of sulfonamides is 1. The summed E-state index contributed by atoms with van der Waals surface area (Å²) in [5, 5.41) is 14.0. The summed E-state index contributed by atoms with van der Waals surface area (Å²) in [6.07, 6.45) is 4.92. The van der Waals surface area contributed by atoms with Crippen LogP contribution in [-0.2, 0) is 21.3 Å². The van der Waals surface area contributed by atoms with Crippen molar-refractivity contribution in [1.82, 2.24) is 14.1 Å². The lowest BCUT2D eigenvalue weighted by Crippen LogP contribution is -2.52. The molecule has 2 fully saturated rings. The highest BCUT2D eigenvalue weighted by atomic mass is 32.2. The fourth-order valence-electron chi connectivity index (χ4n) is 3.71. The Hall–Kier alpha value is -0.960. The van der Waals surface area contributed by atoms with E-state index in [-0.39, 0.29) is 10.9 Å². The average Bonchev–Trinajstić information content (AvgIpc) is 3.12. The number of ether oxygens (including phenoxy) is 1. The lowest BCUT2D eigenvalue weighted by atomic mass is 9.79. The Balaban J connectivity index is 1.93. The molecule has 0 radical (unpaired) electrons. The summed E-state index contributed by atoms with van der Waals surface area (Å²) in [6.45, 7) is 2.96. The maximum Gasteiger partial charge on any atom is 0.246 e. The summed E-state index contributed by atoms with van der Waals surface area (Å²) in [5.41, 5.74) is -0.465. The van der Waals surface area contributed by atoms with E-state index in [4.69, 9.17) is 4.74 Å². The number of methoxy groups -OCH3 is 1. The van der Waals surface area contributed by atoms with Crippen molar-refractivity contribution in [1.29, 1.82) is 0 Å². The van der Waals surface area contributed by atoms with Crippen molar-refractivity contribution >= 4 is 10.0 Å².